The van der Waals surface area contributed by atoms with Gasteiger partial charge in [-0.25, -0.2) is 9.97 Å². The number of aryl methyl sites for hydroxylation is 1. The van der Waals surface area contributed by atoms with E-state index >= 15 is 0 Å². The summed E-state index contributed by atoms with van der Waals surface area (Å²) in [6, 6.07) is 12.0. The van der Waals surface area contributed by atoms with Crippen molar-refractivity contribution in [1.82, 2.24) is 19.7 Å². The number of imidazole rings is 1. The van der Waals surface area contributed by atoms with Gasteiger partial charge in [-0.3, -0.25) is 4.79 Å². The summed E-state index contributed by atoms with van der Waals surface area (Å²) in [5.74, 6) is 0.338. The van der Waals surface area contributed by atoms with Crippen molar-refractivity contribution in [3.63, 3.8) is 0 Å². The molecule has 0 saturated carbocycles. The number of carbonyl (C=O) groups is 1. The molecule has 1 amide bonds. The molecule has 4 aromatic rings. The second kappa shape index (κ2) is 6.85. The predicted octanol–water partition coefficient (Wildman–Crippen LogP) is 3.66. The zero-order chi connectivity index (χ0) is 17.2. The Bertz CT molecular complexity index is 1020. The Morgan fingerprint density at radius 3 is 2.96 bits per heavy atom. The number of thioether (sulfide) groups is 1. The highest BCUT2D eigenvalue weighted by Gasteiger charge is 2.09. The SMILES string of the molecule is Cc1cccn2cc(CNC(=O)CSc3nc4ccccc4s3)nc12. The van der Waals surface area contributed by atoms with E-state index in [9.17, 15) is 4.79 Å². The molecule has 0 radical (unpaired) electrons. The minimum Gasteiger partial charge on any atom is -0.350 e. The molecule has 3 heterocycles. The Balaban J connectivity index is 1.34. The fourth-order valence-corrected chi connectivity index (χ4v) is 4.47. The number of benzene rings is 1. The van der Waals surface area contributed by atoms with Gasteiger partial charge in [-0.05, 0) is 30.7 Å². The molecule has 126 valence electrons. The third-order valence-corrected chi connectivity index (χ3v) is 5.97. The first-order valence-electron chi connectivity index (χ1n) is 7.87. The van der Waals surface area contributed by atoms with Crippen LogP contribution in [0.25, 0.3) is 15.9 Å². The lowest BCUT2D eigenvalue weighted by molar-refractivity contribution is -0.118. The quantitative estimate of drug-likeness (QED) is 0.546. The van der Waals surface area contributed by atoms with Crippen molar-refractivity contribution in [1.29, 1.82) is 0 Å². The largest absolute Gasteiger partial charge is 0.350 e. The van der Waals surface area contributed by atoms with Crippen LogP contribution in [-0.4, -0.2) is 26.0 Å². The summed E-state index contributed by atoms with van der Waals surface area (Å²) in [7, 11) is 0. The first-order valence-corrected chi connectivity index (χ1v) is 9.67. The second-order valence-corrected chi connectivity index (χ2v) is 7.92. The maximum absolute atomic E-state index is 12.1. The van der Waals surface area contributed by atoms with Crippen LogP contribution in [0.15, 0.2) is 53.1 Å². The number of carbonyl (C=O) groups excluding carboxylic acids is 1. The van der Waals surface area contributed by atoms with Crippen LogP contribution in [0.5, 0.6) is 0 Å². The van der Waals surface area contributed by atoms with Crippen LogP contribution in [0, 0.1) is 6.92 Å². The molecule has 7 heteroatoms. The van der Waals surface area contributed by atoms with E-state index in [0.29, 0.717) is 12.3 Å². The number of aromatic nitrogens is 3. The zero-order valence-electron chi connectivity index (χ0n) is 13.6. The van der Waals surface area contributed by atoms with E-state index in [0.717, 1.165) is 31.5 Å². The molecule has 4 rings (SSSR count). The monoisotopic (exact) mass is 368 g/mol. The van der Waals surface area contributed by atoms with Gasteiger partial charge in [-0.2, -0.15) is 0 Å². The Labute approximate surface area is 153 Å². The molecule has 0 spiro atoms. The summed E-state index contributed by atoms with van der Waals surface area (Å²) in [6.45, 7) is 2.46. The maximum atomic E-state index is 12.1. The summed E-state index contributed by atoms with van der Waals surface area (Å²) in [6.07, 6.45) is 3.91. The maximum Gasteiger partial charge on any atom is 0.230 e. The van der Waals surface area contributed by atoms with Crippen LogP contribution in [0.3, 0.4) is 0 Å². The van der Waals surface area contributed by atoms with Gasteiger partial charge in [0.25, 0.3) is 0 Å². The van der Waals surface area contributed by atoms with E-state index in [2.05, 4.69) is 15.3 Å². The van der Waals surface area contributed by atoms with Gasteiger partial charge >= 0.3 is 0 Å². The van der Waals surface area contributed by atoms with Crippen molar-refractivity contribution in [2.45, 2.75) is 17.8 Å². The molecule has 25 heavy (non-hydrogen) atoms. The molecule has 0 aliphatic heterocycles. The number of nitrogens with one attached hydrogen (secondary N) is 1. The highest BCUT2D eigenvalue weighted by atomic mass is 32.2. The first kappa shape index (κ1) is 16.1. The number of para-hydroxylation sites is 1. The van der Waals surface area contributed by atoms with Gasteiger partial charge in [0.15, 0.2) is 4.34 Å². The average Bonchev–Trinajstić information content (AvgIpc) is 3.22. The van der Waals surface area contributed by atoms with Crippen LogP contribution in [-0.2, 0) is 11.3 Å². The zero-order valence-corrected chi connectivity index (χ0v) is 15.2. The van der Waals surface area contributed by atoms with Gasteiger partial charge in [0.05, 0.1) is 28.2 Å². The molecule has 5 nitrogen and oxygen atoms in total. The molecular weight excluding hydrogens is 352 g/mol. The Kier molecular flexibility index (Phi) is 4.42. The molecular formula is C18H16N4OS2. The van der Waals surface area contributed by atoms with Crippen LogP contribution in [0.1, 0.15) is 11.3 Å². The van der Waals surface area contributed by atoms with E-state index in [4.69, 9.17) is 0 Å². The summed E-state index contributed by atoms with van der Waals surface area (Å²) >= 11 is 3.08. The number of rotatable bonds is 5. The predicted molar refractivity (Wildman–Crippen MR) is 102 cm³/mol. The molecule has 1 aromatic carbocycles. The molecule has 3 aromatic heterocycles. The Hall–Kier alpha value is -2.38. The van der Waals surface area contributed by atoms with Crippen molar-refractivity contribution in [2.75, 3.05) is 5.75 Å². The third kappa shape index (κ3) is 3.52. The lowest BCUT2D eigenvalue weighted by atomic mass is 10.3. The normalized spacial score (nSPS) is 11.2. The van der Waals surface area contributed by atoms with E-state index in [-0.39, 0.29) is 5.91 Å². The number of thiazole rings is 1. The third-order valence-electron chi connectivity index (χ3n) is 3.80. The molecule has 0 bridgehead atoms. The molecule has 0 saturated heterocycles. The summed E-state index contributed by atoms with van der Waals surface area (Å²) in [5, 5.41) is 2.92. The first-order chi connectivity index (χ1) is 12.2. The molecule has 0 aliphatic carbocycles. The van der Waals surface area contributed by atoms with E-state index in [1.165, 1.54) is 11.8 Å². The fourth-order valence-electron chi connectivity index (χ4n) is 2.57. The van der Waals surface area contributed by atoms with Crippen molar-refractivity contribution >= 4 is 44.9 Å². The van der Waals surface area contributed by atoms with E-state index in [1.807, 2.05) is 60.1 Å². The number of nitrogens with zero attached hydrogens (tertiary/aromatic N) is 3. The van der Waals surface area contributed by atoms with E-state index in [1.54, 1.807) is 11.3 Å². The Morgan fingerprint density at radius 1 is 1.24 bits per heavy atom. The fraction of sp³-hybridized carbons (Fsp3) is 0.167. The summed E-state index contributed by atoms with van der Waals surface area (Å²) in [5.41, 5.74) is 3.88. The molecule has 0 unspecified atom stereocenters. The summed E-state index contributed by atoms with van der Waals surface area (Å²) < 4.78 is 4.04. The van der Waals surface area contributed by atoms with Gasteiger partial charge in [0.1, 0.15) is 5.65 Å². The number of pyridine rings is 1. The van der Waals surface area contributed by atoms with Crippen molar-refractivity contribution in [2.24, 2.45) is 0 Å². The molecule has 0 aliphatic rings. The molecule has 1 N–H and O–H groups in total. The lowest BCUT2D eigenvalue weighted by Gasteiger charge is -2.01. The highest BCUT2D eigenvalue weighted by molar-refractivity contribution is 8.01. The van der Waals surface area contributed by atoms with Gasteiger partial charge < -0.3 is 9.72 Å². The number of hydrogen-bond donors (Lipinski definition) is 1. The average molecular weight is 368 g/mol. The van der Waals surface area contributed by atoms with Crippen molar-refractivity contribution in [3.8, 4) is 0 Å². The second-order valence-electron chi connectivity index (χ2n) is 5.67. The van der Waals surface area contributed by atoms with E-state index < -0.39 is 0 Å². The van der Waals surface area contributed by atoms with Crippen LogP contribution >= 0.6 is 23.1 Å². The van der Waals surface area contributed by atoms with Crippen LogP contribution < -0.4 is 5.32 Å². The molecule has 0 atom stereocenters. The number of hydrogen-bond acceptors (Lipinski definition) is 5. The summed E-state index contributed by atoms with van der Waals surface area (Å²) in [4.78, 5) is 21.2. The minimum absolute atomic E-state index is 0.0157. The standard InChI is InChI=1S/C18H16N4OS2/c1-12-5-4-8-22-10-13(20-17(12)22)9-19-16(23)11-24-18-21-14-6-2-3-7-15(14)25-18/h2-8,10H,9,11H2,1H3,(H,19,23). The topological polar surface area (TPSA) is 59.3 Å². The lowest BCUT2D eigenvalue weighted by Crippen LogP contribution is -2.24. The van der Waals surface area contributed by atoms with Crippen molar-refractivity contribution < 1.29 is 4.79 Å². The van der Waals surface area contributed by atoms with Crippen LogP contribution in [0.4, 0.5) is 0 Å². The minimum atomic E-state index is -0.0157. The number of amides is 1. The molecule has 0 fully saturated rings. The van der Waals surface area contributed by atoms with Gasteiger partial charge in [0.2, 0.25) is 5.91 Å². The smallest absolute Gasteiger partial charge is 0.230 e. The van der Waals surface area contributed by atoms with Gasteiger partial charge in [-0.1, -0.05) is 30.0 Å². The highest BCUT2D eigenvalue weighted by Crippen LogP contribution is 2.29. The van der Waals surface area contributed by atoms with Crippen molar-refractivity contribution in [3.05, 3.63) is 60.0 Å². The van der Waals surface area contributed by atoms with Gasteiger partial charge in [0, 0.05) is 12.4 Å². The Morgan fingerprint density at radius 2 is 2.12 bits per heavy atom. The van der Waals surface area contributed by atoms with Gasteiger partial charge in [-0.15, -0.1) is 11.3 Å². The number of fused-ring (bicyclic) bond motifs is 2. The van der Waals surface area contributed by atoms with Crippen LogP contribution in [0.2, 0.25) is 0 Å².